The normalized spacial score (nSPS) is 16.4. The number of hydrogen-bond donors (Lipinski definition) is 2. The summed E-state index contributed by atoms with van der Waals surface area (Å²) in [6.45, 7) is 8.01. The molecule has 2 aromatic rings. The Morgan fingerprint density at radius 2 is 1.55 bits per heavy atom. The summed E-state index contributed by atoms with van der Waals surface area (Å²) in [6.07, 6.45) is -13.1. The molecule has 2 N–H and O–H groups in total. The van der Waals surface area contributed by atoms with Crippen LogP contribution in [0.1, 0.15) is 57.4 Å². The lowest BCUT2D eigenvalue weighted by Crippen LogP contribution is -2.53. The third-order valence-corrected chi connectivity index (χ3v) is 8.32. The minimum absolute atomic E-state index is 0.0162. The van der Waals surface area contributed by atoms with E-state index in [2.05, 4.69) is 5.32 Å². The van der Waals surface area contributed by atoms with Gasteiger partial charge >= 0.3 is 18.4 Å². The Balaban J connectivity index is 1.98. The molecule has 0 saturated carbocycles. The Labute approximate surface area is 238 Å². The van der Waals surface area contributed by atoms with Gasteiger partial charge in [0.25, 0.3) is 11.5 Å². The second-order valence-electron chi connectivity index (χ2n) is 11.3. The summed E-state index contributed by atoms with van der Waals surface area (Å²) in [5, 5.41) is 11.9. The number of anilines is 1. The Morgan fingerprint density at radius 3 is 2.02 bits per heavy atom. The van der Waals surface area contributed by atoms with Gasteiger partial charge in [-0.2, -0.15) is 26.3 Å². The van der Waals surface area contributed by atoms with Crippen LogP contribution in [0.5, 0.6) is 0 Å². The molecule has 0 aliphatic carbocycles. The van der Waals surface area contributed by atoms with Crippen LogP contribution in [0.15, 0.2) is 47.4 Å². The molecule has 0 aromatic heterocycles. The zero-order valence-electron chi connectivity index (χ0n) is 23.2. The number of fused-ring (bicyclic) bond motifs is 1. The number of hydrogen-bond acceptors (Lipinski definition) is 6. The van der Waals surface area contributed by atoms with Gasteiger partial charge in [-0.15, -0.1) is 0 Å². The van der Waals surface area contributed by atoms with E-state index < -0.39 is 57.0 Å². The Bertz CT molecular complexity index is 1430. The van der Waals surface area contributed by atoms with Crippen LogP contribution in [0.2, 0.25) is 0 Å². The number of ether oxygens (including phenoxy) is 1. The van der Waals surface area contributed by atoms with Gasteiger partial charge in [-0.3, -0.25) is 9.69 Å². The molecule has 232 valence electrons. The Morgan fingerprint density at radius 1 is 1.00 bits per heavy atom. The average molecular weight is 625 g/mol. The maximum Gasteiger partial charge on any atom is 0.430 e. The van der Waals surface area contributed by atoms with Crippen molar-refractivity contribution < 1.29 is 54.2 Å². The quantitative estimate of drug-likeness (QED) is 0.390. The topological polar surface area (TPSA) is 113 Å². The van der Waals surface area contributed by atoms with Crippen molar-refractivity contribution in [2.45, 2.75) is 75.7 Å². The monoisotopic (exact) mass is 624 g/mol. The van der Waals surface area contributed by atoms with Crippen LogP contribution >= 0.6 is 0 Å². The maximum atomic E-state index is 13.4. The first kappa shape index (κ1) is 33.2. The highest BCUT2D eigenvalue weighted by molar-refractivity contribution is 7.91. The van der Waals surface area contributed by atoms with E-state index in [4.69, 9.17) is 4.74 Å². The predicted octanol–water partition coefficient (Wildman–Crippen LogP) is 5.86. The molecule has 3 rings (SSSR count). The molecular weight excluding hydrogens is 594 g/mol. The van der Waals surface area contributed by atoms with Gasteiger partial charge in [0, 0.05) is 11.3 Å². The summed E-state index contributed by atoms with van der Waals surface area (Å²) < 4.78 is 110. The van der Waals surface area contributed by atoms with Crippen molar-refractivity contribution in [2.75, 3.05) is 11.1 Å². The van der Waals surface area contributed by atoms with Crippen molar-refractivity contribution in [3.05, 3.63) is 59.2 Å². The van der Waals surface area contributed by atoms with Crippen LogP contribution in [0.3, 0.4) is 0 Å². The van der Waals surface area contributed by atoms with Gasteiger partial charge in [0.15, 0.2) is 9.84 Å². The molecule has 0 bridgehead atoms. The molecule has 1 atom stereocenters. The summed E-state index contributed by atoms with van der Waals surface area (Å²) in [5.41, 5.74) is -7.28. The highest BCUT2D eigenvalue weighted by Crippen LogP contribution is 2.50. The van der Waals surface area contributed by atoms with E-state index >= 15 is 0 Å². The van der Waals surface area contributed by atoms with Crippen LogP contribution in [0, 0.1) is 5.92 Å². The molecule has 0 saturated heterocycles. The van der Waals surface area contributed by atoms with Crippen molar-refractivity contribution in [3.63, 3.8) is 0 Å². The van der Waals surface area contributed by atoms with Gasteiger partial charge in [0.05, 0.1) is 17.2 Å². The van der Waals surface area contributed by atoms with Crippen molar-refractivity contribution >= 4 is 27.5 Å². The van der Waals surface area contributed by atoms with Gasteiger partial charge in [-0.25, -0.2) is 13.2 Å². The maximum absolute atomic E-state index is 13.4. The van der Waals surface area contributed by atoms with Gasteiger partial charge in [0.2, 0.25) is 0 Å². The molecule has 2 amide bonds. The molecule has 1 aliphatic heterocycles. The predicted molar refractivity (Wildman–Crippen MR) is 139 cm³/mol. The number of benzene rings is 2. The number of aliphatic hydroxyl groups is 1. The lowest BCUT2D eigenvalue weighted by Gasteiger charge is -2.32. The van der Waals surface area contributed by atoms with Crippen LogP contribution < -0.4 is 5.32 Å². The number of amides is 2. The average Bonchev–Trinajstić information content (AvgIpc) is 3.20. The number of carbonyl (C=O) groups excluding carboxylic acids is 2. The fraction of sp³-hybridized carbons (Fsp3) is 0.481. The second-order valence-corrected chi connectivity index (χ2v) is 13.4. The van der Waals surface area contributed by atoms with E-state index in [0.717, 1.165) is 17.0 Å². The van der Waals surface area contributed by atoms with Gasteiger partial charge in [-0.1, -0.05) is 32.0 Å². The minimum Gasteiger partial charge on any atom is -0.444 e. The summed E-state index contributed by atoms with van der Waals surface area (Å²) >= 11 is 0. The van der Waals surface area contributed by atoms with Gasteiger partial charge in [-0.05, 0) is 62.1 Å². The number of alkyl halides is 6. The third kappa shape index (κ3) is 6.66. The lowest BCUT2D eigenvalue weighted by molar-refractivity contribution is -0.376. The lowest BCUT2D eigenvalue weighted by atomic mass is 9.92. The SMILES string of the molecule is CC(C)CS(=O)(=O)c1ccc2c(c1)CN(C(=O)OC(C)(C)C)C2C(=O)Nc1ccc(C(O)(C(F)(F)F)C(F)(F)F)cc1. The number of halogens is 6. The summed E-state index contributed by atoms with van der Waals surface area (Å²) in [6, 6.07) is 4.86. The zero-order valence-corrected chi connectivity index (χ0v) is 24.0. The second kappa shape index (κ2) is 11.1. The fourth-order valence-electron chi connectivity index (χ4n) is 4.42. The summed E-state index contributed by atoms with van der Waals surface area (Å²) in [4.78, 5) is 27.4. The molecule has 1 unspecified atom stereocenters. The fourth-order valence-corrected chi connectivity index (χ4v) is 6.09. The Hall–Kier alpha value is -3.33. The first-order chi connectivity index (χ1) is 19.0. The third-order valence-electron chi connectivity index (χ3n) is 6.24. The zero-order chi connectivity index (χ0) is 32.1. The molecule has 42 heavy (non-hydrogen) atoms. The van der Waals surface area contributed by atoms with Crippen molar-refractivity contribution in [1.82, 2.24) is 4.90 Å². The first-order valence-electron chi connectivity index (χ1n) is 12.6. The highest BCUT2D eigenvalue weighted by Gasteiger charge is 2.71. The highest BCUT2D eigenvalue weighted by atomic mass is 32.2. The Kier molecular flexibility index (Phi) is 8.74. The molecule has 0 spiro atoms. The van der Waals surface area contributed by atoms with E-state index in [9.17, 15) is 49.5 Å². The van der Waals surface area contributed by atoms with E-state index in [0.29, 0.717) is 17.7 Å². The number of sulfone groups is 1. The number of nitrogens with one attached hydrogen (secondary N) is 1. The molecule has 8 nitrogen and oxygen atoms in total. The van der Waals surface area contributed by atoms with Gasteiger partial charge in [0.1, 0.15) is 11.6 Å². The number of nitrogens with zero attached hydrogens (tertiary/aromatic N) is 1. The standard InChI is InChI=1S/C27H30F6N2O6S/c1-15(2)14-42(39,40)19-10-11-20-16(12-19)13-35(23(37)41-24(3,4)5)21(20)22(36)34-18-8-6-17(7-9-18)25(38,26(28,29)30)27(31,32)33/h6-12,15,21,38H,13-14H2,1-5H3,(H,34,36). The number of carbonyl (C=O) groups is 2. The molecule has 15 heteroatoms. The van der Waals surface area contributed by atoms with Crippen LogP contribution in [0.25, 0.3) is 0 Å². The molecule has 0 radical (unpaired) electrons. The summed E-state index contributed by atoms with van der Waals surface area (Å²) in [5.74, 6) is -1.21. The number of rotatable bonds is 6. The van der Waals surface area contributed by atoms with Crippen LogP contribution in [-0.2, 0) is 31.5 Å². The molecular formula is C27H30F6N2O6S. The largest absolute Gasteiger partial charge is 0.444 e. The van der Waals surface area contributed by atoms with Crippen LogP contribution in [-0.4, -0.2) is 54.1 Å². The molecule has 1 aliphatic rings. The van der Waals surface area contributed by atoms with E-state index in [-0.39, 0.29) is 34.4 Å². The van der Waals surface area contributed by atoms with Crippen LogP contribution in [0.4, 0.5) is 36.8 Å². The molecule has 2 aromatic carbocycles. The first-order valence-corrected chi connectivity index (χ1v) is 14.3. The van der Waals surface area contributed by atoms with Crippen molar-refractivity contribution in [3.8, 4) is 0 Å². The molecule has 1 heterocycles. The minimum atomic E-state index is -6.08. The van der Waals surface area contributed by atoms with E-state index in [1.165, 1.54) is 18.2 Å². The summed E-state index contributed by atoms with van der Waals surface area (Å²) in [7, 11) is -3.69. The molecule has 0 fully saturated rings. The van der Waals surface area contributed by atoms with E-state index in [1.807, 2.05) is 0 Å². The smallest absolute Gasteiger partial charge is 0.430 e. The van der Waals surface area contributed by atoms with E-state index in [1.54, 1.807) is 34.6 Å². The van der Waals surface area contributed by atoms with Crippen molar-refractivity contribution in [2.24, 2.45) is 5.92 Å². The van der Waals surface area contributed by atoms with Gasteiger partial charge < -0.3 is 15.2 Å². The van der Waals surface area contributed by atoms with Crippen molar-refractivity contribution in [1.29, 1.82) is 0 Å².